The van der Waals surface area contributed by atoms with Gasteiger partial charge in [-0.15, -0.1) is 0 Å². The molecule has 2 aromatic rings. The number of carbonyl (C=O) groups is 1. The monoisotopic (exact) mass is 334 g/mol. The standard InChI is InChI=1S/C16H15ClN2O4/c1-10-6-7-15(14(8-10)19(21)22)23-9-16(20)18-13-5-3-4-12(17)11(13)2/h3-8H,9H2,1-2H3,(H,18,20). The molecule has 0 spiro atoms. The van der Waals surface area contributed by atoms with Gasteiger partial charge in [0.25, 0.3) is 5.91 Å². The van der Waals surface area contributed by atoms with E-state index >= 15 is 0 Å². The summed E-state index contributed by atoms with van der Waals surface area (Å²) in [5.74, 6) is -0.371. The van der Waals surface area contributed by atoms with Crippen LogP contribution in [0.4, 0.5) is 11.4 Å². The molecule has 0 bridgehead atoms. The first-order chi connectivity index (χ1) is 10.9. The summed E-state index contributed by atoms with van der Waals surface area (Å²) in [6.45, 7) is 3.19. The number of nitrogens with zero attached hydrogens (tertiary/aromatic N) is 1. The zero-order valence-electron chi connectivity index (χ0n) is 12.6. The number of rotatable bonds is 5. The van der Waals surface area contributed by atoms with Crippen molar-refractivity contribution in [1.82, 2.24) is 0 Å². The van der Waals surface area contributed by atoms with Crippen LogP contribution in [-0.4, -0.2) is 17.4 Å². The quantitative estimate of drug-likeness (QED) is 0.664. The summed E-state index contributed by atoms with van der Waals surface area (Å²) in [6.07, 6.45) is 0. The Bertz CT molecular complexity index is 762. The topological polar surface area (TPSA) is 81.5 Å². The van der Waals surface area contributed by atoms with Crippen molar-refractivity contribution >= 4 is 28.9 Å². The Labute approximate surface area is 138 Å². The fourth-order valence-corrected chi connectivity index (χ4v) is 2.14. The lowest BCUT2D eigenvalue weighted by Crippen LogP contribution is -2.21. The van der Waals surface area contributed by atoms with Crippen molar-refractivity contribution in [3.8, 4) is 5.75 Å². The smallest absolute Gasteiger partial charge is 0.311 e. The van der Waals surface area contributed by atoms with Crippen LogP contribution in [0.2, 0.25) is 5.02 Å². The third-order valence-electron chi connectivity index (χ3n) is 3.21. The highest BCUT2D eigenvalue weighted by molar-refractivity contribution is 6.31. The Morgan fingerprint density at radius 3 is 2.74 bits per heavy atom. The van der Waals surface area contributed by atoms with Crippen molar-refractivity contribution in [2.24, 2.45) is 0 Å². The zero-order valence-corrected chi connectivity index (χ0v) is 13.4. The number of nitro groups is 1. The molecule has 6 nitrogen and oxygen atoms in total. The van der Waals surface area contributed by atoms with Crippen LogP contribution in [0.5, 0.6) is 5.75 Å². The molecule has 0 aliphatic rings. The highest BCUT2D eigenvalue weighted by Crippen LogP contribution is 2.28. The van der Waals surface area contributed by atoms with Gasteiger partial charge in [0, 0.05) is 16.8 Å². The summed E-state index contributed by atoms with van der Waals surface area (Å²) in [5.41, 5.74) is 1.88. The molecular weight excluding hydrogens is 320 g/mol. The maximum Gasteiger partial charge on any atom is 0.311 e. The van der Waals surface area contributed by atoms with Gasteiger partial charge >= 0.3 is 5.69 Å². The minimum absolute atomic E-state index is 0.0542. The van der Waals surface area contributed by atoms with Crippen molar-refractivity contribution in [3.63, 3.8) is 0 Å². The first kappa shape index (κ1) is 16.8. The minimum Gasteiger partial charge on any atom is -0.477 e. The van der Waals surface area contributed by atoms with E-state index in [9.17, 15) is 14.9 Å². The Morgan fingerprint density at radius 2 is 2.04 bits per heavy atom. The van der Waals surface area contributed by atoms with E-state index in [0.29, 0.717) is 10.7 Å². The molecule has 120 valence electrons. The number of aryl methyl sites for hydroxylation is 1. The maximum atomic E-state index is 11.9. The molecule has 2 aromatic carbocycles. The van der Waals surface area contributed by atoms with Gasteiger partial charge in [0.15, 0.2) is 12.4 Å². The van der Waals surface area contributed by atoms with E-state index in [4.69, 9.17) is 16.3 Å². The lowest BCUT2D eigenvalue weighted by molar-refractivity contribution is -0.385. The molecule has 0 saturated carbocycles. The van der Waals surface area contributed by atoms with Crippen molar-refractivity contribution in [2.75, 3.05) is 11.9 Å². The van der Waals surface area contributed by atoms with Gasteiger partial charge in [-0.3, -0.25) is 14.9 Å². The van der Waals surface area contributed by atoms with Gasteiger partial charge in [0.05, 0.1) is 4.92 Å². The first-order valence-electron chi connectivity index (χ1n) is 6.81. The second-order valence-corrected chi connectivity index (χ2v) is 5.38. The summed E-state index contributed by atoms with van der Waals surface area (Å²) < 4.78 is 5.27. The maximum absolute atomic E-state index is 11.9. The predicted octanol–water partition coefficient (Wildman–Crippen LogP) is 3.88. The number of carbonyl (C=O) groups excluding carboxylic acids is 1. The second kappa shape index (κ2) is 7.11. The highest BCUT2D eigenvalue weighted by Gasteiger charge is 2.16. The average Bonchev–Trinajstić information content (AvgIpc) is 2.50. The number of nitrogens with one attached hydrogen (secondary N) is 1. The molecular formula is C16H15ClN2O4. The number of amides is 1. The fourth-order valence-electron chi connectivity index (χ4n) is 1.96. The van der Waals surface area contributed by atoms with E-state index in [1.807, 2.05) is 0 Å². The molecule has 0 aliphatic carbocycles. The molecule has 23 heavy (non-hydrogen) atoms. The molecule has 0 unspecified atom stereocenters. The molecule has 2 rings (SSSR count). The molecule has 0 heterocycles. The van der Waals surface area contributed by atoms with E-state index in [2.05, 4.69) is 5.32 Å². The number of hydrogen-bond acceptors (Lipinski definition) is 4. The molecule has 0 fully saturated rings. The largest absolute Gasteiger partial charge is 0.477 e. The van der Waals surface area contributed by atoms with Crippen LogP contribution >= 0.6 is 11.6 Å². The van der Waals surface area contributed by atoms with Crippen molar-refractivity contribution < 1.29 is 14.5 Å². The first-order valence-corrected chi connectivity index (χ1v) is 7.19. The van der Waals surface area contributed by atoms with E-state index < -0.39 is 10.8 Å². The predicted molar refractivity (Wildman–Crippen MR) is 88.1 cm³/mol. The van der Waals surface area contributed by atoms with Crippen molar-refractivity contribution in [3.05, 3.63) is 62.7 Å². The van der Waals surface area contributed by atoms with E-state index in [1.165, 1.54) is 12.1 Å². The minimum atomic E-state index is -0.540. The van der Waals surface area contributed by atoms with Gasteiger partial charge < -0.3 is 10.1 Å². The van der Waals surface area contributed by atoms with Gasteiger partial charge in [-0.25, -0.2) is 0 Å². The van der Waals surface area contributed by atoms with Gasteiger partial charge in [-0.05, 0) is 43.2 Å². The molecule has 0 saturated heterocycles. The lowest BCUT2D eigenvalue weighted by atomic mass is 10.2. The Kier molecular flexibility index (Phi) is 5.18. The van der Waals surface area contributed by atoms with Gasteiger partial charge in [0.2, 0.25) is 0 Å². The molecule has 1 amide bonds. The van der Waals surface area contributed by atoms with Crippen LogP contribution in [0.15, 0.2) is 36.4 Å². The average molecular weight is 335 g/mol. The van der Waals surface area contributed by atoms with Crippen LogP contribution < -0.4 is 10.1 Å². The van der Waals surface area contributed by atoms with Crippen LogP contribution in [0.3, 0.4) is 0 Å². The van der Waals surface area contributed by atoms with Gasteiger partial charge in [-0.2, -0.15) is 0 Å². The summed E-state index contributed by atoms with van der Waals surface area (Å²) in [5, 5.41) is 14.2. The van der Waals surface area contributed by atoms with Crippen molar-refractivity contribution in [2.45, 2.75) is 13.8 Å². The fraction of sp³-hybridized carbons (Fsp3) is 0.188. The number of halogens is 1. The van der Waals surface area contributed by atoms with Crippen molar-refractivity contribution in [1.29, 1.82) is 0 Å². The lowest BCUT2D eigenvalue weighted by Gasteiger charge is -2.10. The number of hydrogen-bond donors (Lipinski definition) is 1. The summed E-state index contributed by atoms with van der Waals surface area (Å²) >= 11 is 5.98. The van der Waals surface area contributed by atoms with Gasteiger partial charge in [0.1, 0.15) is 0 Å². The summed E-state index contributed by atoms with van der Waals surface area (Å²) in [7, 11) is 0. The molecule has 0 aliphatic heterocycles. The number of ether oxygens (including phenoxy) is 1. The third kappa shape index (κ3) is 4.20. The van der Waals surface area contributed by atoms with Crippen LogP contribution in [0.25, 0.3) is 0 Å². The summed E-state index contributed by atoms with van der Waals surface area (Å²) in [6, 6.07) is 9.71. The Hall–Kier alpha value is -2.60. The highest BCUT2D eigenvalue weighted by atomic mass is 35.5. The van der Waals surface area contributed by atoms with Crippen LogP contribution in [-0.2, 0) is 4.79 Å². The van der Waals surface area contributed by atoms with Gasteiger partial charge in [-0.1, -0.05) is 23.7 Å². The molecule has 0 aromatic heterocycles. The van der Waals surface area contributed by atoms with E-state index in [1.54, 1.807) is 38.1 Å². The molecule has 0 atom stereocenters. The molecule has 0 radical (unpaired) electrons. The second-order valence-electron chi connectivity index (χ2n) is 4.98. The Balaban J connectivity index is 2.05. The molecule has 7 heteroatoms. The van der Waals surface area contributed by atoms with E-state index in [-0.39, 0.29) is 18.0 Å². The normalized spacial score (nSPS) is 10.2. The van der Waals surface area contributed by atoms with E-state index in [0.717, 1.165) is 11.1 Å². The van der Waals surface area contributed by atoms with Crippen LogP contribution in [0, 0.1) is 24.0 Å². The number of benzene rings is 2. The molecule has 1 N–H and O–H groups in total. The number of anilines is 1. The zero-order chi connectivity index (χ0) is 17.0. The Morgan fingerprint density at radius 1 is 1.30 bits per heavy atom. The van der Waals surface area contributed by atoms with Crippen LogP contribution in [0.1, 0.15) is 11.1 Å². The number of nitro benzene ring substituents is 1. The summed E-state index contributed by atoms with van der Waals surface area (Å²) in [4.78, 5) is 22.4. The third-order valence-corrected chi connectivity index (χ3v) is 3.62. The SMILES string of the molecule is Cc1ccc(OCC(=O)Nc2cccc(Cl)c2C)c([N+](=O)[O-])c1.